The van der Waals surface area contributed by atoms with Crippen molar-refractivity contribution in [2.45, 2.75) is 13.5 Å². The molecule has 0 aliphatic carbocycles. The van der Waals surface area contributed by atoms with Crippen molar-refractivity contribution in [3.8, 4) is 0 Å². The highest BCUT2D eigenvalue weighted by Crippen LogP contribution is 2.11. The molecular formula is C15H20N6O. The highest BCUT2D eigenvalue weighted by molar-refractivity contribution is 5.35. The third-order valence-corrected chi connectivity index (χ3v) is 3.87. The molecule has 0 amide bonds. The van der Waals surface area contributed by atoms with Crippen LogP contribution in [0.4, 0.5) is 5.82 Å². The van der Waals surface area contributed by atoms with E-state index >= 15 is 0 Å². The van der Waals surface area contributed by atoms with Gasteiger partial charge in [0.1, 0.15) is 5.82 Å². The van der Waals surface area contributed by atoms with Gasteiger partial charge in [0.2, 0.25) is 0 Å². The summed E-state index contributed by atoms with van der Waals surface area (Å²) in [5, 5.41) is 4.27. The molecule has 1 aliphatic rings. The first-order valence-corrected chi connectivity index (χ1v) is 7.50. The van der Waals surface area contributed by atoms with Crippen molar-refractivity contribution in [2.24, 2.45) is 0 Å². The molecule has 1 aliphatic heterocycles. The van der Waals surface area contributed by atoms with Gasteiger partial charge in [-0.2, -0.15) is 5.10 Å². The van der Waals surface area contributed by atoms with Gasteiger partial charge in [-0.3, -0.25) is 14.7 Å². The Kier molecular flexibility index (Phi) is 4.43. The van der Waals surface area contributed by atoms with Crippen LogP contribution in [0.1, 0.15) is 5.69 Å². The van der Waals surface area contributed by atoms with Crippen LogP contribution < -0.4 is 10.5 Å². The topological polar surface area (TPSA) is 67.2 Å². The molecule has 0 aromatic carbocycles. The maximum absolute atomic E-state index is 11.7. The van der Waals surface area contributed by atoms with Gasteiger partial charge in [0.05, 0.1) is 18.4 Å². The molecule has 0 unspecified atom stereocenters. The van der Waals surface area contributed by atoms with Gasteiger partial charge in [0.25, 0.3) is 5.56 Å². The molecule has 1 fully saturated rings. The molecule has 0 radical (unpaired) electrons. The van der Waals surface area contributed by atoms with Gasteiger partial charge in [-0.25, -0.2) is 9.67 Å². The molecule has 3 rings (SSSR count). The fourth-order valence-electron chi connectivity index (χ4n) is 2.60. The summed E-state index contributed by atoms with van der Waals surface area (Å²) in [5.41, 5.74) is 0.830. The third-order valence-electron chi connectivity index (χ3n) is 3.87. The van der Waals surface area contributed by atoms with Crippen molar-refractivity contribution >= 4 is 5.82 Å². The Morgan fingerprint density at radius 3 is 2.64 bits per heavy atom. The van der Waals surface area contributed by atoms with Crippen LogP contribution in [-0.2, 0) is 6.54 Å². The van der Waals surface area contributed by atoms with Crippen LogP contribution in [0.25, 0.3) is 0 Å². The summed E-state index contributed by atoms with van der Waals surface area (Å²) in [6.45, 7) is 7.13. The van der Waals surface area contributed by atoms with Crippen molar-refractivity contribution in [3.63, 3.8) is 0 Å². The Bertz CT molecular complexity index is 663. The first-order valence-electron chi connectivity index (χ1n) is 7.50. The zero-order valence-electron chi connectivity index (χ0n) is 12.7. The van der Waals surface area contributed by atoms with Crippen molar-refractivity contribution in [1.29, 1.82) is 0 Å². The summed E-state index contributed by atoms with van der Waals surface area (Å²) in [7, 11) is 0. The molecule has 7 nitrogen and oxygen atoms in total. The molecule has 1 saturated heterocycles. The van der Waals surface area contributed by atoms with E-state index in [9.17, 15) is 4.79 Å². The molecule has 22 heavy (non-hydrogen) atoms. The molecule has 116 valence electrons. The summed E-state index contributed by atoms with van der Waals surface area (Å²) < 4.78 is 1.55. The van der Waals surface area contributed by atoms with E-state index < -0.39 is 0 Å². The van der Waals surface area contributed by atoms with E-state index in [0.717, 1.165) is 44.2 Å². The first-order chi connectivity index (χ1) is 10.7. The van der Waals surface area contributed by atoms with E-state index in [1.165, 1.54) is 0 Å². The summed E-state index contributed by atoms with van der Waals surface area (Å²) in [4.78, 5) is 24.8. The lowest BCUT2D eigenvalue weighted by molar-refractivity contribution is 0.242. The zero-order chi connectivity index (χ0) is 15.4. The van der Waals surface area contributed by atoms with E-state index in [1.807, 2.05) is 6.92 Å². The fourth-order valence-corrected chi connectivity index (χ4v) is 2.60. The number of aryl methyl sites for hydroxylation is 1. The second-order valence-corrected chi connectivity index (χ2v) is 5.43. The van der Waals surface area contributed by atoms with Gasteiger partial charge < -0.3 is 4.90 Å². The van der Waals surface area contributed by atoms with Gasteiger partial charge in [-0.15, -0.1) is 0 Å². The van der Waals surface area contributed by atoms with Crippen molar-refractivity contribution in [2.75, 3.05) is 37.6 Å². The van der Waals surface area contributed by atoms with Crippen LogP contribution in [-0.4, -0.2) is 57.4 Å². The minimum absolute atomic E-state index is 0.0382. The minimum atomic E-state index is -0.0382. The third kappa shape index (κ3) is 3.48. The van der Waals surface area contributed by atoms with Crippen LogP contribution >= 0.6 is 0 Å². The molecule has 0 N–H and O–H groups in total. The standard InChI is InChI=1S/C15H20N6O/c1-13-2-3-15(22)21(18-13)11-8-19-6-9-20(10-7-19)14-12-16-4-5-17-14/h2-5,12H,6-11H2,1H3. The van der Waals surface area contributed by atoms with Gasteiger partial charge in [0.15, 0.2) is 0 Å². The lowest BCUT2D eigenvalue weighted by Gasteiger charge is -2.35. The van der Waals surface area contributed by atoms with Crippen molar-refractivity contribution < 1.29 is 0 Å². The Hall–Kier alpha value is -2.28. The van der Waals surface area contributed by atoms with Crippen LogP contribution in [0.3, 0.4) is 0 Å². The fraction of sp³-hybridized carbons (Fsp3) is 0.467. The van der Waals surface area contributed by atoms with E-state index in [2.05, 4.69) is 24.9 Å². The number of piperazine rings is 1. The Morgan fingerprint density at radius 2 is 1.91 bits per heavy atom. The lowest BCUT2D eigenvalue weighted by Crippen LogP contribution is -2.48. The molecule has 0 bridgehead atoms. The highest BCUT2D eigenvalue weighted by atomic mass is 16.1. The molecule has 0 spiro atoms. The average molecular weight is 300 g/mol. The maximum atomic E-state index is 11.7. The molecule has 2 aromatic heterocycles. The molecule has 7 heteroatoms. The molecule has 3 heterocycles. The number of anilines is 1. The van der Waals surface area contributed by atoms with Crippen LogP contribution in [0, 0.1) is 6.92 Å². The summed E-state index contributed by atoms with van der Waals surface area (Å²) in [6.07, 6.45) is 5.20. The van der Waals surface area contributed by atoms with Crippen LogP contribution in [0.15, 0.2) is 35.5 Å². The van der Waals surface area contributed by atoms with E-state index in [0.29, 0.717) is 6.54 Å². The molecule has 0 atom stereocenters. The SMILES string of the molecule is Cc1ccc(=O)n(CCN2CCN(c3cnccn3)CC2)n1. The van der Waals surface area contributed by atoms with Gasteiger partial charge >= 0.3 is 0 Å². The number of hydrogen-bond donors (Lipinski definition) is 0. The first kappa shape index (κ1) is 14.6. The van der Waals surface area contributed by atoms with Crippen LogP contribution in [0.2, 0.25) is 0 Å². The summed E-state index contributed by atoms with van der Waals surface area (Å²) in [5.74, 6) is 0.929. The molecule has 0 saturated carbocycles. The van der Waals surface area contributed by atoms with Crippen molar-refractivity contribution in [1.82, 2.24) is 24.6 Å². The van der Waals surface area contributed by atoms with E-state index in [1.54, 1.807) is 35.4 Å². The minimum Gasteiger partial charge on any atom is -0.353 e. The Balaban J connectivity index is 1.52. The normalized spacial score (nSPS) is 16.0. The van der Waals surface area contributed by atoms with Crippen molar-refractivity contribution in [3.05, 3.63) is 46.8 Å². The number of nitrogens with zero attached hydrogens (tertiary/aromatic N) is 6. The molecular weight excluding hydrogens is 280 g/mol. The number of rotatable bonds is 4. The lowest BCUT2D eigenvalue weighted by atomic mass is 10.3. The monoisotopic (exact) mass is 300 g/mol. The Morgan fingerprint density at radius 1 is 1.09 bits per heavy atom. The van der Waals surface area contributed by atoms with E-state index in [4.69, 9.17) is 0 Å². The second-order valence-electron chi connectivity index (χ2n) is 5.43. The number of hydrogen-bond acceptors (Lipinski definition) is 6. The summed E-state index contributed by atoms with van der Waals surface area (Å²) in [6, 6.07) is 3.33. The quantitative estimate of drug-likeness (QED) is 0.801. The smallest absolute Gasteiger partial charge is 0.266 e. The average Bonchev–Trinajstić information content (AvgIpc) is 2.57. The summed E-state index contributed by atoms with van der Waals surface area (Å²) >= 11 is 0. The Labute approximate surface area is 129 Å². The second kappa shape index (κ2) is 6.65. The van der Waals surface area contributed by atoms with Gasteiger partial charge in [-0.05, 0) is 13.0 Å². The van der Waals surface area contributed by atoms with Crippen LogP contribution in [0.5, 0.6) is 0 Å². The predicted molar refractivity (Wildman–Crippen MR) is 83.9 cm³/mol. The number of aromatic nitrogens is 4. The maximum Gasteiger partial charge on any atom is 0.266 e. The van der Waals surface area contributed by atoms with E-state index in [-0.39, 0.29) is 5.56 Å². The molecule has 2 aromatic rings. The predicted octanol–water partition coefficient (Wildman–Crippen LogP) is 0.164. The van der Waals surface area contributed by atoms with Gasteiger partial charge in [-0.1, -0.05) is 0 Å². The largest absolute Gasteiger partial charge is 0.353 e. The zero-order valence-corrected chi connectivity index (χ0v) is 12.7. The highest BCUT2D eigenvalue weighted by Gasteiger charge is 2.17. The van der Waals surface area contributed by atoms with Gasteiger partial charge in [0, 0.05) is 51.2 Å².